The Kier molecular flexibility index (Phi) is 5.73. The minimum atomic E-state index is -0.475. The number of cyclic esters (lactones) is 1. The van der Waals surface area contributed by atoms with Gasteiger partial charge in [0.25, 0.3) is 0 Å². The average Bonchev–Trinajstić information content (AvgIpc) is 2.49. The Labute approximate surface area is 102 Å². The van der Waals surface area contributed by atoms with Gasteiger partial charge in [0.15, 0.2) is 0 Å². The molecule has 0 aromatic carbocycles. The van der Waals surface area contributed by atoms with Crippen molar-refractivity contribution >= 4 is 11.9 Å². The average molecular weight is 240 g/mol. The standard InChI is InChI=1S/C13H20O4/c1-3-5-10-6-7-13(15)17-11(8-10)9-16-12(14)4-2/h4,10-11H,2-3,5-9H2,1H3. The highest BCUT2D eigenvalue weighted by Gasteiger charge is 2.25. The molecule has 1 rings (SSSR count). The predicted molar refractivity (Wildman–Crippen MR) is 63.3 cm³/mol. The zero-order chi connectivity index (χ0) is 12.7. The molecule has 1 saturated heterocycles. The predicted octanol–water partition coefficient (Wildman–Crippen LogP) is 2.23. The van der Waals surface area contributed by atoms with E-state index in [2.05, 4.69) is 13.5 Å². The van der Waals surface area contributed by atoms with Crippen LogP contribution in [0.25, 0.3) is 0 Å². The Morgan fingerprint density at radius 1 is 1.65 bits per heavy atom. The van der Waals surface area contributed by atoms with E-state index in [1.807, 2.05) is 0 Å². The van der Waals surface area contributed by atoms with E-state index < -0.39 is 5.97 Å². The summed E-state index contributed by atoms with van der Waals surface area (Å²) < 4.78 is 10.2. The number of esters is 2. The fourth-order valence-electron chi connectivity index (χ4n) is 2.11. The molecule has 4 nitrogen and oxygen atoms in total. The van der Waals surface area contributed by atoms with Gasteiger partial charge in [-0.1, -0.05) is 26.3 Å². The van der Waals surface area contributed by atoms with Crippen LogP contribution in [0.5, 0.6) is 0 Å². The first kappa shape index (κ1) is 13.7. The van der Waals surface area contributed by atoms with Gasteiger partial charge in [0.2, 0.25) is 0 Å². The summed E-state index contributed by atoms with van der Waals surface area (Å²) in [5, 5.41) is 0. The molecule has 1 aliphatic rings. The van der Waals surface area contributed by atoms with E-state index in [1.54, 1.807) is 0 Å². The smallest absolute Gasteiger partial charge is 0.330 e. The Hall–Kier alpha value is -1.32. The summed E-state index contributed by atoms with van der Waals surface area (Å²) in [6.45, 7) is 5.58. The molecule has 4 heteroatoms. The second-order valence-electron chi connectivity index (χ2n) is 4.38. The van der Waals surface area contributed by atoms with Crippen molar-refractivity contribution in [2.24, 2.45) is 5.92 Å². The van der Waals surface area contributed by atoms with Gasteiger partial charge in [-0.25, -0.2) is 4.79 Å². The second kappa shape index (κ2) is 7.09. The number of rotatable bonds is 5. The van der Waals surface area contributed by atoms with Crippen molar-refractivity contribution in [2.75, 3.05) is 6.61 Å². The van der Waals surface area contributed by atoms with Gasteiger partial charge in [-0.2, -0.15) is 0 Å². The Balaban J connectivity index is 2.46. The van der Waals surface area contributed by atoms with Crippen molar-refractivity contribution in [1.29, 1.82) is 0 Å². The number of hydrogen-bond acceptors (Lipinski definition) is 4. The van der Waals surface area contributed by atoms with Crippen molar-refractivity contribution in [1.82, 2.24) is 0 Å². The minimum Gasteiger partial charge on any atom is -0.459 e. The highest BCUT2D eigenvalue weighted by Crippen LogP contribution is 2.25. The third kappa shape index (κ3) is 5.02. The molecule has 17 heavy (non-hydrogen) atoms. The summed E-state index contributed by atoms with van der Waals surface area (Å²) in [4.78, 5) is 22.3. The fraction of sp³-hybridized carbons (Fsp3) is 0.692. The summed E-state index contributed by atoms with van der Waals surface area (Å²) in [5.74, 6) is -0.181. The summed E-state index contributed by atoms with van der Waals surface area (Å²) in [6.07, 6.45) is 5.12. The third-order valence-corrected chi connectivity index (χ3v) is 2.93. The van der Waals surface area contributed by atoms with E-state index in [0.29, 0.717) is 12.3 Å². The molecule has 0 aromatic rings. The molecule has 1 fully saturated rings. The first-order chi connectivity index (χ1) is 8.15. The zero-order valence-electron chi connectivity index (χ0n) is 10.3. The topological polar surface area (TPSA) is 52.6 Å². The zero-order valence-corrected chi connectivity index (χ0v) is 10.3. The van der Waals surface area contributed by atoms with E-state index >= 15 is 0 Å². The quantitative estimate of drug-likeness (QED) is 0.546. The molecule has 0 amide bonds. The number of hydrogen-bond donors (Lipinski definition) is 0. The van der Waals surface area contributed by atoms with Crippen LogP contribution < -0.4 is 0 Å². The lowest BCUT2D eigenvalue weighted by Crippen LogP contribution is -2.24. The monoisotopic (exact) mass is 240 g/mol. The molecule has 0 N–H and O–H groups in total. The largest absolute Gasteiger partial charge is 0.459 e. The fourth-order valence-corrected chi connectivity index (χ4v) is 2.11. The molecule has 0 saturated carbocycles. The van der Waals surface area contributed by atoms with Crippen molar-refractivity contribution in [3.05, 3.63) is 12.7 Å². The van der Waals surface area contributed by atoms with Gasteiger partial charge in [-0.05, 0) is 18.8 Å². The summed E-state index contributed by atoms with van der Waals surface area (Å²) in [6, 6.07) is 0. The highest BCUT2D eigenvalue weighted by atomic mass is 16.6. The van der Waals surface area contributed by atoms with Crippen LogP contribution in [0.3, 0.4) is 0 Å². The van der Waals surface area contributed by atoms with Gasteiger partial charge in [0.05, 0.1) is 0 Å². The third-order valence-electron chi connectivity index (χ3n) is 2.93. The first-order valence-corrected chi connectivity index (χ1v) is 6.14. The van der Waals surface area contributed by atoms with Crippen molar-refractivity contribution < 1.29 is 19.1 Å². The van der Waals surface area contributed by atoms with Crippen LogP contribution in [0.2, 0.25) is 0 Å². The van der Waals surface area contributed by atoms with E-state index in [0.717, 1.165) is 31.8 Å². The Morgan fingerprint density at radius 2 is 2.41 bits per heavy atom. The van der Waals surface area contributed by atoms with Gasteiger partial charge in [-0.15, -0.1) is 0 Å². The van der Waals surface area contributed by atoms with Gasteiger partial charge in [0.1, 0.15) is 12.7 Å². The summed E-state index contributed by atoms with van der Waals surface area (Å²) >= 11 is 0. The molecule has 96 valence electrons. The maximum atomic E-state index is 11.4. The summed E-state index contributed by atoms with van der Waals surface area (Å²) in [5.41, 5.74) is 0. The lowest BCUT2D eigenvalue weighted by molar-refractivity contribution is -0.156. The van der Waals surface area contributed by atoms with Gasteiger partial charge in [-0.3, -0.25) is 4.79 Å². The van der Waals surface area contributed by atoms with Crippen LogP contribution in [-0.2, 0) is 19.1 Å². The molecule has 1 aliphatic heterocycles. The van der Waals surface area contributed by atoms with E-state index in [-0.39, 0.29) is 18.7 Å². The number of carbonyl (C=O) groups excluding carboxylic acids is 2. The molecular formula is C13H20O4. The van der Waals surface area contributed by atoms with Crippen molar-refractivity contribution in [3.63, 3.8) is 0 Å². The first-order valence-electron chi connectivity index (χ1n) is 6.14. The molecular weight excluding hydrogens is 220 g/mol. The molecule has 0 bridgehead atoms. The Bertz CT molecular complexity index is 285. The van der Waals surface area contributed by atoms with Crippen LogP contribution in [0.4, 0.5) is 0 Å². The number of ether oxygens (including phenoxy) is 2. The minimum absolute atomic E-state index is 0.136. The van der Waals surface area contributed by atoms with Crippen LogP contribution in [0.1, 0.15) is 39.0 Å². The normalized spacial score (nSPS) is 24.6. The van der Waals surface area contributed by atoms with Crippen molar-refractivity contribution in [2.45, 2.75) is 45.1 Å². The lowest BCUT2D eigenvalue weighted by Gasteiger charge is -2.18. The lowest BCUT2D eigenvalue weighted by atomic mass is 9.93. The van der Waals surface area contributed by atoms with Gasteiger partial charge >= 0.3 is 11.9 Å². The molecule has 0 aromatic heterocycles. The van der Waals surface area contributed by atoms with Crippen LogP contribution in [-0.4, -0.2) is 24.6 Å². The maximum Gasteiger partial charge on any atom is 0.330 e. The second-order valence-corrected chi connectivity index (χ2v) is 4.38. The summed E-state index contributed by atoms with van der Waals surface area (Å²) in [7, 11) is 0. The van der Waals surface area contributed by atoms with E-state index in [1.165, 1.54) is 0 Å². The van der Waals surface area contributed by atoms with Crippen LogP contribution in [0, 0.1) is 5.92 Å². The van der Waals surface area contributed by atoms with E-state index in [9.17, 15) is 9.59 Å². The highest BCUT2D eigenvalue weighted by molar-refractivity contribution is 5.81. The maximum absolute atomic E-state index is 11.4. The SMILES string of the molecule is C=CC(=O)OCC1CC(CCC)CCC(=O)O1. The molecule has 2 unspecified atom stereocenters. The molecule has 0 aliphatic carbocycles. The van der Waals surface area contributed by atoms with Crippen LogP contribution in [0.15, 0.2) is 12.7 Å². The Morgan fingerprint density at radius 3 is 3.06 bits per heavy atom. The molecule has 0 radical (unpaired) electrons. The number of carbonyl (C=O) groups is 2. The van der Waals surface area contributed by atoms with Gasteiger partial charge < -0.3 is 9.47 Å². The molecule has 1 heterocycles. The van der Waals surface area contributed by atoms with Crippen molar-refractivity contribution in [3.8, 4) is 0 Å². The van der Waals surface area contributed by atoms with Crippen LogP contribution >= 0.6 is 0 Å². The van der Waals surface area contributed by atoms with Gasteiger partial charge in [0, 0.05) is 12.5 Å². The molecule has 0 spiro atoms. The molecule has 2 atom stereocenters. The van der Waals surface area contributed by atoms with E-state index in [4.69, 9.17) is 9.47 Å².